The third kappa shape index (κ3) is 1.99. The zero-order chi connectivity index (χ0) is 15.3. The molecule has 2 atom stereocenters. The van der Waals surface area contributed by atoms with E-state index in [4.69, 9.17) is 9.47 Å². The second-order valence-electron chi connectivity index (χ2n) is 7.02. The van der Waals surface area contributed by atoms with Crippen LogP contribution in [-0.2, 0) is 14.3 Å². The Morgan fingerprint density at radius 3 is 2.15 bits per heavy atom. The van der Waals surface area contributed by atoms with Crippen LogP contribution in [-0.4, -0.2) is 18.0 Å². The number of carbonyl (C=O) groups is 1. The van der Waals surface area contributed by atoms with Crippen molar-refractivity contribution < 1.29 is 14.3 Å². The van der Waals surface area contributed by atoms with E-state index in [1.54, 1.807) is 0 Å². The van der Waals surface area contributed by atoms with Crippen LogP contribution in [0.3, 0.4) is 0 Å². The molecule has 3 heteroatoms. The first kappa shape index (κ1) is 15.1. The van der Waals surface area contributed by atoms with Crippen LogP contribution in [0.4, 0.5) is 0 Å². The molecule has 2 aliphatic rings. The molecule has 0 aromatic heterocycles. The van der Waals surface area contributed by atoms with Gasteiger partial charge in [-0.05, 0) is 48.0 Å². The van der Waals surface area contributed by atoms with E-state index in [-0.39, 0.29) is 23.4 Å². The molecule has 20 heavy (non-hydrogen) atoms. The number of hydrogen-bond donors (Lipinski definition) is 0. The number of hydrogen-bond acceptors (Lipinski definition) is 3. The van der Waals surface area contributed by atoms with Gasteiger partial charge < -0.3 is 9.47 Å². The predicted molar refractivity (Wildman–Crippen MR) is 79.1 cm³/mol. The van der Waals surface area contributed by atoms with Crippen molar-refractivity contribution in [3.63, 3.8) is 0 Å². The molecule has 0 aromatic carbocycles. The lowest BCUT2D eigenvalue weighted by molar-refractivity contribution is -0.128. The SMILES string of the molecule is CC1=C[C@]2(C)C(OC(C)C)=C(OC(C)C)C(=O)[C@]2(C)C1. The van der Waals surface area contributed by atoms with Gasteiger partial charge in [0, 0.05) is 0 Å². The predicted octanol–water partition coefficient (Wildman–Crippen LogP) is 3.99. The van der Waals surface area contributed by atoms with Crippen LogP contribution in [0.15, 0.2) is 23.2 Å². The first-order valence-electron chi connectivity index (χ1n) is 7.43. The number of rotatable bonds is 4. The van der Waals surface area contributed by atoms with Crippen molar-refractivity contribution in [3.05, 3.63) is 23.2 Å². The Labute approximate surface area is 122 Å². The van der Waals surface area contributed by atoms with Gasteiger partial charge in [-0.1, -0.05) is 18.6 Å². The van der Waals surface area contributed by atoms with Crippen LogP contribution in [0.2, 0.25) is 0 Å². The van der Waals surface area contributed by atoms with Gasteiger partial charge in [-0.25, -0.2) is 0 Å². The summed E-state index contributed by atoms with van der Waals surface area (Å²) in [6.07, 6.45) is 2.95. The summed E-state index contributed by atoms with van der Waals surface area (Å²) in [7, 11) is 0. The monoisotopic (exact) mass is 278 g/mol. The molecule has 0 heterocycles. The van der Waals surface area contributed by atoms with E-state index in [9.17, 15) is 4.79 Å². The fraction of sp³-hybridized carbons (Fsp3) is 0.706. The van der Waals surface area contributed by atoms with Crippen LogP contribution in [0.25, 0.3) is 0 Å². The first-order chi connectivity index (χ1) is 9.11. The molecule has 0 unspecified atom stereocenters. The largest absolute Gasteiger partial charge is 0.490 e. The Hall–Kier alpha value is -1.25. The van der Waals surface area contributed by atoms with E-state index in [0.29, 0.717) is 11.5 Å². The van der Waals surface area contributed by atoms with Gasteiger partial charge in [-0.2, -0.15) is 0 Å². The zero-order valence-electron chi connectivity index (χ0n) is 13.7. The summed E-state index contributed by atoms with van der Waals surface area (Å²) < 4.78 is 11.8. The molecule has 0 spiro atoms. The van der Waals surface area contributed by atoms with Crippen molar-refractivity contribution >= 4 is 5.78 Å². The van der Waals surface area contributed by atoms with Gasteiger partial charge >= 0.3 is 0 Å². The Morgan fingerprint density at radius 2 is 1.65 bits per heavy atom. The zero-order valence-corrected chi connectivity index (χ0v) is 13.7. The normalized spacial score (nSPS) is 33.0. The molecule has 2 rings (SSSR count). The Bertz CT molecular complexity index is 498. The molecule has 0 amide bonds. The molecule has 0 saturated carbocycles. The minimum atomic E-state index is -0.467. The summed E-state index contributed by atoms with van der Waals surface area (Å²) in [5.41, 5.74) is 0.394. The van der Waals surface area contributed by atoms with Crippen molar-refractivity contribution in [2.45, 2.75) is 67.1 Å². The van der Waals surface area contributed by atoms with E-state index in [1.165, 1.54) is 5.57 Å². The molecule has 0 radical (unpaired) electrons. The van der Waals surface area contributed by atoms with E-state index in [0.717, 1.165) is 6.42 Å². The lowest BCUT2D eigenvalue weighted by Crippen LogP contribution is -2.36. The molecule has 2 aliphatic carbocycles. The first-order valence-corrected chi connectivity index (χ1v) is 7.43. The van der Waals surface area contributed by atoms with Gasteiger partial charge in [0.15, 0.2) is 5.76 Å². The maximum atomic E-state index is 12.9. The number of carbonyl (C=O) groups excluding carboxylic acids is 1. The molecule has 0 bridgehead atoms. The summed E-state index contributed by atoms with van der Waals surface area (Å²) in [4.78, 5) is 12.9. The molecule has 3 nitrogen and oxygen atoms in total. The quantitative estimate of drug-likeness (QED) is 0.729. The highest BCUT2D eigenvalue weighted by Gasteiger charge is 2.63. The van der Waals surface area contributed by atoms with E-state index in [1.807, 2.05) is 34.6 Å². The minimum Gasteiger partial charge on any atom is -0.490 e. The molecule has 0 saturated heterocycles. The Kier molecular flexibility index (Phi) is 3.52. The molecule has 0 N–H and O–H groups in total. The van der Waals surface area contributed by atoms with Crippen LogP contribution >= 0.6 is 0 Å². The number of ketones is 1. The van der Waals surface area contributed by atoms with Crippen molar-refractivity contribution in [1.82, 2.24) is 0 Å². The summed E-state index contributed by atoms with van der Waals surface area (Å²) in [5, 5.41) is 0. The summed E-state index contributed by atoms with van der Waals surface area (Å²) in [5.74, 6) is 1.23. The second kappa shape index (κ2) is 4.64. The van der Waals surface area contributed by atoms with Gasteiger partial charge in [-0.3, -0.25) is 4.79 Å². The maximum absolute atomic E-state index is 12.9. The molecule has 112 valence electrons. The lowest BCUT2D eigenvalue weighted by Gasteiger charge is -2.34. The van der Waals surface area contributed by atoms with Crippen LogP contribution in [0, 0.1) is 10.8 Å². The standard InChI is InChI=1S/C17H26O3/c1-10(2)19-13-14(18)16(6)8-12(5)9-17(16,7)15(13)20-11(3)4/h9-11H,8H2,1-7H3/t16-,17+/m0/s1. The van der Waals surface area contributed by atoms with Crippen LogP contribution in [0.1, 0.15) is 54.9 Å². The van der Waals surface area contributed by atoms with Crippen molar-refractivity contribution in [3.8, 4) is 0 Å². The molecule has 0 aromatic rings. The molecular weight excluding hydrogens is 252 g/mol. The topological polar surface area (TPSA) is 35.5 Å². The highest BCUT2D eigenvalue weighted by Crippen LogP contribution is 2.62. The summed E-state index contributed by atoms with van der Waals surface area (Å²) in [6, 6.07) is 0. The van der Waals surface area contributed by atoms with E-state index in [2.05, 4.69) is 19.9 Å². The minimum absolute atomic E-state index is 0.0250. The molecule has 0 fully saturated rings. The number of fused-ring (bicyclic) bond motifs is 1. The Balaban J connectivity index is 2.55. The average Bonchev–Trinajstić information content (AvgIpc) is 2.59. The molecular formula is C17H26O3. The second-order valence-corrected chi connectivity index (χ2v) is 7.02. The highest BCUT2D eigenvalue weighted by molar-refractivity contribution is 6.03. The van der Waals surface area contributed by atoms with Gasteiger partial charge in [0.1, 0.15) is 0 Å². The van der Waals surface area contributed by atoms with Crippen LogP contribution in [0.5, 0.6) is 0 Å². The van der Waals surface area contributed by atoms with E-state index >= 15 is 0 Å². The molecule has 0 aliphatic heterocycles. The highest BCUT2D eigenvalue weighted by atomic mass is 16.5. The number of ether oxygens (including phenoxy) is 2. The van der Waals surface area contributed by atoms with Crippen LogP contribution < -0.4 is 0 Å². The average molecular weight is 278 g/mol. The summed E-state index contributed by atoms with van der Waals surface area (Å²) >= 11 is 0. The van der Waals surface area contributed by atoms with Crippen molar-refractivity contribution in [1.29, 1.82) is 0 Å². The van der Waals surface area contributed by atoms with Gasteiger partial charge in [0.05, 0.1) is 23.0 Å². The maximum Gasteiger partial charge on any atom is 0.208 e. The third-order valence-corrected chi connectivity index (χ3v) is 4.41. The smallest absolute Gasteiger partial charge is 0.208 e. The lowest BCUT2D eigenvalue weighted by atomic mass is 9.69. The van der Waals surface area contributed by atoms with Gasteiger partial charge in [0.25, 0.3) is 0 Å². The Morgan fingerprint density at radius 1 is 1.10 bits per heavy atom. The van der Waals surface area contributed by atoms with Gasteiger partial charge in [0.2, 0.25) is 11.5 Å². The van der Waals surface area contributed by atoms with Gasteiger partial charge in [-0.15, -0.1) is 0 Å². The number of allylic oxidation sites excluding steroid dienone is 3. The van der Waals surface area contributed by atoms with E-state index < -0.39 is 5.41 Å². The third-order valence-electron chi connectivity index (χ3n) is 4.41. The van der Waals surface area contributed by atoms with Crippen molar-refractivity contribution in [2.75, 3.05) is 0 Å². The summed E-state index contributed by atoms with van der Waals surface area (Å²) in [6.45, 7) is 14.0. The number of Topliss-reactive ketones (excluding diaryl/α,β-unsaturated/α-hetero) is 1. The fourth-order valence-electron chi connectivity index (χ4n) is 3.42. The van der Waals surface area contributed by atoms with Crippen molar-refractivity contribution in [2.24, 2.45) is 10.8 Å². The fourth-order valence-corrected chi connectivity index (χ4v) is 3.42.